The number of aliphatic imine (C=N–C) groups is 4. The van der Waals surface area contributed by atoms with Crippen molar-refractivity contribution in [2.45, 2.75) is 73.5 Å². The second-order valence-electron chi connectivity index (χ2n) is 9.60. The van der Waals surface area contributed by atoms with Gasteiger partial charge in [0.15, 0.2) is 24.2 Å². The summed E-state index contributed by atoms with van der Waals surface area (Å²) in [5.74, 6) is -22.2. The molecule has 4 rings (SSSR count). The van der Waals surface area contributed by atoms with Gasteiger partial charge in [0, 0.05) is 39.0 Å². The quantitative estimate of drug-likeness (QED) is 0.137. The monoisotopic (exact) mass is 922 g/mol. The first-order chi connectivity index (χ1) is 21.9. The maximum atomic E-state index is 12.5. The molecule has 0 unspecified atom stereocenters. The number of halogens is 8. The summed E-state index contributed by atoms with van der Waals surface area (Å²) in [6, 6.07) is -5.09. The fourth-order valence-electron chi connectivity index (χ4n) is 3.58. The van der Waals surface area contributed by atoms with Crippen molar-refractivity contribution < 1.29 is 133 Å². The van der Waals surface area contributed by atoms with E-state index in [1.54, 1.807) is 0 Å². The minimum atomic E-state index is -3.39. The van der Waals surface area contributed by atoms with Gasteiger partial charge in [-0.2, -0.15) is 35.1 Å². The van der Waals surface area contributed by atoms with Crippen molar-refractivity contribution in [2.75, 3.05) is 28.4 Å². The standard InChI is InChI=1S/4C6H7F2NO3.2Rh/c4*1-12-4(10)3-2-6(7,8)5(11)9-3;;/h4*3H,2H2,1H3,(H,9,11);;/t4*3-;;/m0000../s1. The zero-order chi connectivity index (χ0) is 37.4. The van der Waals surface area contributed by atoms with E-state index in [1.165, 1.54) is 0 Å². The summed E-state index contributed by atoms with van der Waals surface area (Å²) in [7, 11) is 4.30. The topological polar surface area (TPSA) is 236 Å². The summed E-state index contributed by atoms with van der Waals surface area (Å²) in [4.78, 5) is 54.9. The van der Waals surface area contributed by atoms with Gasteiger partial charge in [-0.15, -0.1) is 0 Å². The van der Waals surface area contributed by atoms with Gasteiger partial charge in [0.25, 0.3) is 23.6 Å². The molecule has 4 aliphatic rings. The number of aliphatic hydroxyl groups excluding tert-OH is 4. The van der Waals surface area contributed by atoms with Crippen molar-refractivity contribution >= 4 is 47.5 Å². The van der Waals surface area contributed by atoms with E-state index in [1.807, 2.05) is 0 Å². The average molecular weight is 922 g/mol. The van der Waals surface area contributed by atoms with Gasteiger partial charge in [0.2, 0.25) is 0 Å². The maximum absolute atomic E-state index is 12.5. The van der Waals surface area contributed by atoms with Crippen molar-refractivity contribution in [1.29, 1.82) is 0 Å². The number of carbonyl (C=O) groups excluding carboxylic acids is 4. The van der Waals surface area contributed by atoms with E-state index in [0.717, 1.165) is 28.4 Å². The Labute approximate surface area is 301 Å². The smallest absolute Gasteiger partial charge is 0.330 e. The Balaban J connectivity index is 0. The number of rotatable bonds is 4. The van der Waals surface area contributed by atoms with E-state index < -0.39 is 121 Å². The Hall–Kier alpha value is -3.55. The summed E-state index contributed by atoms with van der Waals surface area (Å²) in [5.41, 5.74) is 0. The largest absolute Gasteiger partial charge is 0.492 e. The van der Waals surface area contributed by atoms with Gasteiger partial charge in [-0.05, 0) is 0 Å². The molecule has 0 bridgehead atoms. The van der Waals surface area contributed by atoms with E-state index in [4.69, 9.17) is 20.4 Å². The van der Waals surface area contributed by atoms with Gasteiger partial charge in [0.1, 0.15) is 0 Å². The fraction of sp³-hybridized carbons (Fsp3) is 0.667. The second-order valence-corrected chi connectivity index (χ2v) is 9.60. The van der Waals surface area contributed by atoms with Gasteiger partial charge in [-0.1, -0.05) is 0 Å². The molecule has 4 atom stereocenters. The molecule has 4 N–H and O–H groups in total. The van der Waals surface area contributed by atoms with Crippen molar-refractivity contribution in [2.24, 2.45) is 20.0 Å². The first kappa shape index (κ1) is 48.6. The van der Waals surface area contributed by atoms with Crippen LogP contribution in [0.25, 0.3) is 0 Å². The number of alkyl halides is 8. The van der Waals surface area contributed by atoms with Crippen LogP contribution in [0.1, 0.15) is 25.7 Å². The number of aliphatic hydroxyl groups is 4. The summed E-state index contributed by atoms with van der Waals surface area (Å²) in [6.45, 7) is 0. The van der Waals surface area contributed by atoms with Gasteiger partial charge in [0.05, 0.1) is 54.1 Å². The molecular weight excluding hydrogens is 894 g/mol. The van der Waals surface area contributed by atoms with E-state index >= 15 is 0 Å². The minimum absolute atomic E-state index is 0. The van der Waals surface area contributed by atoms with Crippen molar-refractivity contribution in [3.63, 3.8) is 0 Å². The first-order valence-electron chi connectivity index (χ1n) is 12.8. The molecule has 4 heterocycles. The van der Waals surface area contributed by atoms with Crippen LogP contribution in [0.3, 0.4) is 0 Å². The number of hydrogen-bond acceptors (Lipinski definition) is 12. The molecule has 0 aromatic rings. The summed E-state index contributed by atoms with van der Waals surface area (Å²) in [5, 5.41) is 34.3. The molecule has 0 fully saturated rings. The normalized spacial score (nSPS) is 25.5. The zero-order valence-electron chi connectivity index (χ0n) is 25.7. The Morgan fingerprint density at radius 1 is 0.460 bits per heavy atom. The van der Waals surface area contributed by atoms with E-state index in [0.29, 0.717) is 0 Å². The number of methoxy groups -OCH3 is 4. The molecule has 26 heteroatoms. The Morgan fingerprint density at radius 3 is 0.680 bits per heavy atom. The maximum Gasteiger partial charge on any atom is 0.330 e. The van der Waals surface area contributed by atoms with Gasteiger partial charge < -0.3 is 39.4 Å². The van der Waals surface area contributed by atoms with Crippen molar-refractivity contribution in [3.8, 4) is 0 Å². The van der Waals surface area contributed by atoms with Gasteiger partial charge in [-0.25, -0.2) is 39.1 Å². The molecule has 0 saturated heterocycles. The zero-order valence-corrected chi connectivity index (χ0v) is 28.9. The molecule has 50 heavy (non-hydrogen) atoms. The van der Waals surface area contributed by atoms with Crippen LogP contribution in [-0.2, 0) is 77.1 Å². The predicted octanol–water partition coefficient (Wildman–Crippen LogP) is 2.09. The van der Waals surface area contributed by atoms with E-state index in [9.17, 15) is 54.3 Å². The molecule has 0 saturated carbocycles. The Kier molecular flexibility index (Phi) is 18.6. The molecule has 16 nitrogen and oxygen atoms in total. The third-order valence-corrected chi connectivity index (χ3v) is 6.11. The van der Waals surface area contributed by atoms with E-state index in [2.05, 4.69) is 38.9 Å². The van der Waals surface area contributed by atoms with Crippen LogP contribution in [0.5, 0.6) is 0 Å². The van der Waals surface area contributed by atoms with Crippen LogP contribution >= 0.6 is 0 Å². The van der Waals surface area contributed by atoms with Crippen LogP contribution in [0.2, 0.25) is 0 Å². The van der Waals surface area contributed by atoms with Crippen LogP contribution < -0.4 is 0 Å². The number of carbonyl (C=O) groups is 4. The van der Waals surface area contributed by atoms with Gasteiger partial charge >= 0.3 is 47.6 Å². The van der Waals surface area contributed by atoms with Gasteiger partial charge in [-0.3, -0.25) is 0 Å². The first-order valence-corrected chi connectivity index (χ1v) is 12.8. The number of hydrogen-bond donors (Lipinski definition) is 4. The minimum Gasteiger partial charge on any atom is -0.492 e. The summed E-state index contributed by atoms with van der Waals surface area (Å²) >= 11 is 0. The predicted molar refractivity (Wildman–Crippen MR) is 142 cm³/mol. The van der Waals surface area contributed by atoms with Crippen LogP contribution in [-0.4, -0.2) is 144 Å². The third kappa shape index (κ3) is 13.0. The fourth-order valence-corrected chi connectivity index (χ4v) is 3.58. The summed E-state index contributed by atoms with van der Waals surface area (Å²) < 4.78 is 117. The number of nitrogens with zero attached hydrogens (tertiary/aromatic N) is 4. The molecule has 0 aromatic carbocycles. The molecular formula is C24H28F8N4O12Rh2. The SMILES string of the molecule is COC(=O)[C@@H]1CC(F)(F)C(O)=N1.COC(=O)[C@@H]1CC(F)(F)C(O)=N1.COC(=O)[C@@H]1CC(F)(F)C(O)=N1.COC(=O)[C@@H]1CC(F)(F)C(O)=N1.[Rh].[Rh]. The number of ether oxygens (including phenoxy) is 4. The average Bonchev–Trinajstić information content (AvgIpc) is 3.66. The Morgan fingerprint density at radius 2 is 0.600 bits per heavy atom. The van der Waals surface area contributed by atoms with Crippen molar-refractivity contribution in [3.05, 3.63) is 0 Å². The molecule has 0 aromatic heterocycles. The second kappa shape index (κ2) is 19.2. The molecule has 0 amide bonds. The Bertz CT molecular complexity index is 1170. The molecule has 0 spiro atoms. The molecule has 290 valence electrons. The van der Waals surface area contributed by atoms with E-state index in [-0.39, 0.29) is 39.0 Å². The third-order valence-electron chi connectivity index (χ3n) is 6.11. The summed E-state index contributed by atoms with van der Waals surface area (Å²) in [6.07, 6.45) is -3.26. The van der Waals surface area contributed by atoms with Crippen molar-refractivity contribution in [1.82, 2.24) is 0 Å². The van der Waals surface area contributed by atoms with Crippen LogP contribution in [0, 0.1) is 0 Å². The molecule has 2 radical (unpaired) electrons. The molecule has 4 aliphatic heterocycles. The van der Waals surface area contributed by atoms with Crippen LogP contribution in [0.15, 0.2) is 20.0 Å². The molecule has 0 aliphatic carbocycles. The number of esters is 4. The van der Waals surface area contributed by atoms with Crippen LogP contribution in [0.4, 0.5) is 35.1 Å².